The number of nitrogens with one attached hydrogen (secondary N) is 1. The maximum atomic E-state index is 12.5. The topological polar surface area (TPSA) is 75.5 Å². The number of carbonyl (C=O) groups excluding carboxylic acids is 1. The van der Waals surface area contributed by atoms with Crippen molar-refractivity contribution >= 4 is 34.5 Å². The largest absolute Gasteiger partial charge is 0.350 e. The number of rotatable bonds is 6. The van der Waals surface area contributed by atoms with Gasteiger partial charge >= 0.3 is 0 Å². The first-order valence-electron chi connectivity index (χ1n) is 8.06. The zero-order valence-electron chi connectivity index (χ0n) is 13.5. The summed E-state index contributed by atoms with van der Waals surface area (Å²) in [5.41, 5.74) is -0.0221. The number of halogens is 1. The lowest BCUT2D eigenvalue weighted by atomic mass is 10.1. The van der Waals surface area contributed by atoms with Crippen LogP contribution in [-0.2, 0) is 0 Å². The minimum absolute atomic E-state index is 0.115. The molecule has 0 aliphatic carbocycles. The lowest BCUT2D eigenvalue weighted by Crippen LogP contribution is -2.36. The summed E-state index contributed by atoms with van der Waals surface area (Å²) in [4.78, 5) is 26.4. The molecule has 1 aliphatic heterocycles. The fourth-order valence-electron chi connectivity index (χ4n) is 3.03. The minimum atomic E-state index is -0.536. The Hall–Kier alpha value is -1.96. The molecule has 0 bridgehead atoms. The molecule has 132 valence electrons. The number of thiophene rings is 1. The summed E-state index contributed by atoms with van der Waals surface area (Å²) >= 11 is 7.71. The highest BCUT2D eigenvalue weighted by molar-refractivity contribution is 7.10. The fourth-order valence-corrected chi connectivity index (χ4v) is 4.09. The standard InChI is InChI=1S/C17H18ClN3O3S/c18-14-6-5-12(21(23)24)10-13(14)17(22)19-11-15(16-4-3-9-25-16)20-7-1-2-8-20/h3-6,9-10,15H,1-2,7-8,11H2,(H,19,22). The second kappa shape index (κ2) is 7.95. The summed E-state index contributed by atoms with van der Waals surface area (Å²) in [6.07, 6.45) is 2.32. The quantitative estimate of drug-likeness (QED) is 0.610. The molecule has 1 aliphatic rings. The molecular formula is C17H18ClN3O3S. The molecule has 0 spiro atoms. The van der Waals surface area contributed by atoms with Crippen molar-refractivity contribution in [2.45, 2.75) is 18.9 Å². The number of carbonyl (C=O) groups is 1. The van der Waals surface area contributed by atoms with Gasteiger partial charge in [-0.25, -0.2) is 0 Å². The van der Waals surface area contributed by atoms with Crippen molar-refractivity contribution in [3.63, 3.8) is 0 Å². The molecule has 1 N–H and O–H groups in total. The van der Waals surface area contributed by atoms with Gasteiger partial charge in [0.05, 0.1) is 21.6 Å². The third-order valence-electron chi connectivity index (χ3n) is 4.31. The van der Waals surface area contributed by atoms with E-state index < -0.39 is 10.8 Å². The molecule has 2 heterocycles. The molecule has 1 atom stereocenters. The van der Waals surface area contributed by atoms with Crippen LogP contribution in [0.4, 0.5) is 5.69 Å². The van der Waals surface area contributed by atoms with Crippen LogP contribution in [0.5, 0.6) is 0 Å². The highest BCUT2D eigenvalue weighted by Crippen LogP contribution is 2.28. The molecule has 25 heavy (non-hydrogen) atoms. The minimum Gasteiger partial charge on any atom is -0.350 e. The van der Waals surface area contributed by atoms with Crippen LogP contribution in [0, 0.1) is 10.1 Å². The number of nitrogens with zero attached hydrogens (tertiary/aromatic N) is 2. The lowest BCUT2D eigenvalue weighted by Gasteiger charge is -2.27. The number of non-ortho nitro benzene ring substituents is 1. The Labute approximate surface area is 154 Å². The first-order chi connectivity index (χ1) is 12.1. The van der Waals surface area contributed by atoms with E-state index in [4.69, 9.17) is 11.6 Å². The normalized spacial score (nSPS) is 15.9. The van der Waals surface area contributed by atoms with Gasteiger partial charge in [-0.2, -0.15) is 0 Å². The number of nitro groups is 1. The zero-order chi connectivity index (χ0) is 17.8. The van der Waals surface area contributed by atoms with E-state index in [-0.39, 0.29) is 22.3 Å². The molecule has 2 aromatic rings. The second-order valence-electron chi connectivity index (χ2n) is 5.91. The van der Waals surface area contributed by atoms with Gasteiger partial charge in [0.25, 0.3) is 11.6 Å². The molecule has 6 nitrogen and oxygen atoms in total. The highest BCUT2D eigenvalue weighted by Gasteiger charge is 2.25. The van der Waals surface area contributed by atoms with Crippen LogP contribution in [0.2, 0.25) is 5.02 Å². The molecular weight excluding hydrogens is 362 g/mol. The van der Waals surface area contributed by atoms with Gasteiger partial charge in [0.1, 0.15) is 0 Å². The Kier molecular flexibility index (Phi) is 5.67. The summed E-state index contributed by atoms with van der Waals surface area (Å²) < 4.78 is 0. The molecule has 1 amide bonds. The average Bonchev–Trinajstić information content (AvgIpc) is 3.29. The smallest absolute Gasteiger partial charge is 0.270 e. The highest BCUT2D eigenvalue weighted by atomic mass is 35.5. The van der Waals surface area contributed by atoms with Crippen molar-refractivity contribution in [3.8, 4) is 0 Å². The third kappa shape index (κ3) is 4.18. The molecule has 3 rings (SSSR count). The van der Waals surface area contributed by atoms with Gasteiger partial charge in [-0.15, -0.1) is 11.3 Å². The lowest BCUT2D eigenvalue weighted by molar-refractivity contribution is -0.384. The predicted octanol–water partition coefficient (Wildman–Crippen LogP) is 3.88. The van der Waals surface area contributed by atoms with Crippen molar-refractivity contribution in [1.82, 2.24) is 10.2 Å². The molecule has 1 unspecified atom stereocenters. The summed E-state index contributed by atoms with van der Waals surface area (Å²) in [6, 6.07) is 8.07. The molecule has 0 saturated carbocycles. The van der Waals surface area contributed by atoms with Gasteiger partial charge in [-0.3, -0.25) is 19.8 Å². The van der Waals surface area contributed by atoms with Gasteiger partial charge in [0.2, 0.25) is 0 Å². The van der Waals surface area contributed by atoms with Crippen LogP contribution in [0.25, 0.3) is 0 Å². The van der Waals surface area contributed by atoms with Crippen LogP contribution in [0.3, 0.4) is 0 Å². The molecule has 1 aromatic heterocycles. The van der Waals surface area contributed by atoms with Crippen LogP contribution in [-0.4, -0.2) is 35.4 Å². The van der Waals surface area contributed by atoms with E-state index >= 15 is 0 Å². The Morgan fingerprint density at radius 3 is 2.76 bits per heavy atom. The maximum absolute atomic E-state index is 12.5. The fraction of sp³-hybridized carbons (Fsp3) is 0.353. The van der Waals surface area contributed by atoms with E-state index in [1.54, 1.807) is 11.3 Å². The number of hydrogen-bond acceptors (Lipinski definition) is 5. The van der Waals surface area contributed by atoms with E-state index in [1.807, 2.05) is 11.4 Å². The summed E-state index contributed by atoms with van der Waals surface area (Å²) in [5.74, 6) is -0.394. The van der Waals surface area contributed by atoms with Gasteiger partial charge in [-0.05, 0) is 43.4 Å². The Morgan fingerprint density at radius 2 is 2.12 bits per heavy atom. The van der Waals surface area contributed by atoms with Crippen LogP contribution < -0.4 is 5.32 Å². The Morgan fingerprint density at radius 1 is 1.36 bits per heavy atom. The monoisotopic (exact) mass is 379 g/mol. The first kappa shape index (κ1) is 17.8. The molecule has 0 radical (unpaired) electrons. The Bertz CT molecular complexity index is 761. The summed E-state index contributed by atoms with van der Waals surface area (Å²) in [5, 5.41) is 16.0. The zero-order valence-corrected chi connectivity index (χ0v) is 15.1. The number of benzene rings is 1. The van der Waals surface area contributed by atoms with Crippen LogP contribution in [0.15, 0.2) is 35.7 Å². The second-order valence-corrected chi connectivity index (χ2v) is 7.29. The van der Waals surface area contributed by atoms with E-state index in [0.29, 0.717) is 6.54 Å². The Balaban J connectivity index is 1.73. The molecule has 1 fully saturated rings. The molecule has 8 heteroatoms. The third-order valence-corrected chi connectivity index (χ3v) is 5.62. The van der Waals surface area contributed by atoms with Crippen LogP contribution in [0.1, 0.15) is 34.1 Å². The number of nitro benzene ring substituents is 1. The molecule has 1 saturated heterocycles. The van der Waals surface area contributed by atoms with Crippen molar-refractivity contribution in [2.24, 2.45) is 0 Å². The average molecular weight is 380 g/mol. The van der Waals surface area contributed by atoms with Gasteiger partial charge in [0, 0.05) is 23.6 Å². The van der Waals surface area contributed by atoms with Crippen molar-refractivity contribution in [1.29, 1.82) is 0 Å². The SMILES string of the molecule is O=C(NCC(c1cccs1)N1CCCC1)c1cc([N+](=O)[O-])ccc1Cl. The number of amides is 1. The summed E-state index contributed by atoms with van der Waals surface area (Å²) in [7, 11) is 0. The van der Waals surface area contributed by atoms with Crippen molar-refractivity contribution < 1.29 is 9.72 Å². The van der Waals surface area contributed by atoms with Crippen LogP contribution >= 0.6 is 22.9 Å². The first-order valence-corrected chi connectivity index (χ1v) is 9.31. The van der Waals surface area contributed by atoms with E-state index in [1.165, 1.54) is 23.1 Å². The van der Waals surface area contributed by atoms with Gasteiger partial charge in [-0.1, -0.05) is 17.7 Å². The van der Waals surface area contributed by atoms with Crippen molar-refractivity contribution in [2.75, 3.05) is 19.6 Å². The van der Waals surface area contributed by atoms with Gasteiger partial charge < -0.3 is 5.32 Å². The van der Waals surface area contributed by atoms with Crippen molar-refractivity contribution in [3.05, 3.63) is 61.3 Å². The maximum Gasteiger partial charge on any atom is 0.270 e. The van der Waals surface area contributed by atoms with E-state index in [0.717, 1.165) is 25.9 Å². The van der Waals surface area contributed by atoms with Gasteiger partial charge in [0.15, 0.2) is 0 Å². The predicted molar refractivity (Wildman–Crippen MR) is 98.3 cm³/mol. The molecule has 1 aromatic carbocycles. The van der Waals surface area contributed by atoms with E-state index in [9.17, 15) is 14.9 Å². The van der Waals surface area contributed by atoms with E-state index in [2.05, 4.69) is 16.3 Å². The number of hydrogen-bond donors (Lipinski definition) is 1. The number of likely N-dealkylation sites (tertiary alicyclic amines) is 1. The summed E-state index contributed by atoms with van der Waals surface area (Å²) in [6.45, 7) is 2.46.